The number of aliphatic hydroxyl groups is 1. The van der Waals surface area contributed by atoms with Gasteiger partial charge in [-0.3, -0.25) is 0 Å². The maximum atomic E-state index is 12.0. The van der Waals surface area contributed by atoms with E-state index in [2.05, 4.69) is 5.32 Å². The summed E-state index contributed by atoms with van der Waals surface area (Å²) in [5, 5.41) is 20.5. The fourth-order valence-corrected chi connectivity index (χ4v) is 1.99. The molecule has 0 radical (unpaired) electrons. The molecule has 104 valence electrons. The maximum Gasteiger partial charge on any atom is 0.326 e. The zero-order chi connectivity index (χ0) is 13.7. The first-order valence-electron chi connectivity index (χ1n) is 6.38. The Balaban J connectivity index is 2.61. The highest BCUT2D eigenvalue weighted by molar-refractivity contribution is 5.83. The molecule has 0 saturated heterocycles. The van der Waals surface area contributed by atoms with Gasteiger partial charge in [0.2, 0.25) is 0 Å². The van der Waals surface area contributed by atoms with Crippen LogP contribution in [0, 0.1) is 5.92 Å². The van der Waals surface area contributed by atoms with Gasteiger partial charge in [-0.1, -0.05) is 13.8 Å². The van der Waals surface area contributed by atoms with Gasteiger partial charge in [-0.25, -0.2) is 9.59 Å². The second kappa shape index (κ2) is 6.58. The van der Waals surface area contributed by atoms with Crippen molar-refractivity contribution in [1.29, 1.82) is 0 Å². The summed E-state index contributed by atoms with van der Waals surface area (Å²) in [5.74, 6) is -1.21. The fourth-order valence-electron chi connectivity index (χ4n) is 1.99. The highest BCUT2D eigenvalue weighted by atomic mass is 16.4. The largest absolute Gasteiger partial charge is 0.480 e. The third kappa shape index (κ3) is 3.60. The average Bonchev–Trinajstić information content (AvgIpc) is 2.21. The number of aliphatic hydroxyl groups excluding tert-OH is 1. The molecular formula is C12H22N2O4. The SMILES string of the molecule is CC(C)C(NC(=O)N(CCO)C1CCC1)C(=O)O. The first-order chi connectivity index (χ1) is 8.47. The summed E-state index contributed by atoms with van der Waals surface area (Å²) >= 11 is 0. The van der Waals surface area contributed by atoms with Gasteiger partial charge < -0.3 is 20.4 Å². The van der Waals surface area contributed by atoms with E-state index in [1.54, 1.807) is 18.7 Å². The quantitative estimate of drug-likeness (QED) is 0.652. The van der Waals surface area contributed by atoms with Crippen molar-refractivity contribution < 1.29 is 19.8 Å². The molecule has 1 fully saturated rings. The Morgan fingerprint density at radius 1 is 1.39 bits per heavy atom. The number of carbonyl (C=O) groups is 2. The Morgan fingerprint density at radius 2 is 2.00 bits per heavy atom. The van der Waals surface area contributed by atoms with Gasteiger partial charge in [0.15, 0.2) is 0 Å². The predicted octanol–water partition coefficient (Wildman–Crippen LogP) is 0.652. The van der Waals surface area contributed by atoms with E-state index in [9.17, 15) is 9.59 Å². The first kappa shape index (κ1) is 14.8. The van der Waals surface area contributed by atoms with Crippen LogP contribution in [0.2, 0.25) is 0 Å². The van der Waals surface area contributed by atoms with Gasteiger partial charge in [0.1, 0.15) is 6.04 Å². The molecule has 1 rings (SSSR count). The number of amides is 2. The second-order valence-electron chi connectivity index (χ2n) is 5.01. The average molecular weight is 258 g/mol. The van der Waals surface area contributed by atoms with Crippen molar-refractivity contribution in [3.05, 3.63) is 0 Å². The lowest BCUT2D eigenvalue weighted by molar-refractivity contribution is -0.140. The summed E-state index contributed by atoms with van der Waals surface area (Å²) < 4.78 is 0. The van der Waals surface area contributed by atoms with Gasteiger partial charge in [0, 0.05) is 12.6 Å². The van der Waals surface area contributed by atoms with Gasteiger partial charge in [-0.15, -0.1) is 0 Å². The van der Waals surface area contributed by atoms with E-state index in [1.807, 2.05) is 0 Å². The molecular weight excluding hydrogens is 236 g/mol. The minimum atomic E-state index is -1.03. The van der Waals surface area contributed by atoms with Crippen molar-refractivity contribution >= 4 is 12.0 Å². The second-order valence-corrected chi connectivity index (χ2v) is 5.01. The molecule has 0 heterocycles. The molecule has 1 saturated carbocycles. The number of aliphatic carboxylic acids is 1. The number of carbonyl (C=O) groups excluding carboxylic acids is 1. The number of urea groups is 1. The molecule has 0 aromatic heterocycles. The lowest BCUT2D eigenvalue weighted by atomic mass is 9.91. The van der Waals surface area contributed by atoms with E-state index in [0.29, 0.717) is 0 Å². The molecule has 0 spiro atoms. The van der Waals surface area contributed by atoms with Gasteiger partial charge in [0.25, 0.3) is 0 Å². The number of rotatable bonds is 6. The van der Waals surface area contributed by atoms with Crippen molar-refractivity contribution in [2.24, 2.45) is 5.92 Å². The lowest BCUT2D eigenvalue weighted by Gasteiger charge is -2.38. The summed E-state index contributed by atoms with van der Waals surface area (Å²) in [4.78, 5) is 24.6. The van der Waals surface area contributed by atoms with Crippen LogP contribution >= 0.6 is 0 Å². The van der Waals surface area contributed by atoms with E-state index in [-0.39, 0.29) is 25.1 Å². The number of nitrogens with zero attached hydrogens (tertiary/aromatic N) is 1. The maximum absolute atomic E-state index is 12.0. The van der Waals surface area contributed by atoms with Crippen molar-refractivity contribution in [3.8, 4) is 0 Å². The van der Waals surface area contributed by atoms with E-state index < -0.39 is 18.0 Å². The van der Waals surface area contributed by atoms with Crippen LogP contribution in [-0.4, -0.2) is 52.3 Å². The molecule has 0 aromatic rings. The van der Waals surface area contributed by atoms with Crippen molar-refractivity contribution in [2.75, 3.05) is 13.2 Å². The smallest absolute Gasteiger partial charge is 0.326 e. The molecule has 2 amide bonds. The zero-order valence-corrected chi connectivity index (χ0v) is 10.9. The van der Waals surface area contributed by atoms with Gasteiger partial charge in [0.05, 0.1) is 6.61 Å². The molecule has 18 heavy (non-hydrogen) atoms. The number of hydrogen-bond acceptors (Lipinski definition) is 3. The summed E-state index contributed by atoms with van der Waals surface area (Å²) in [7, 11) is 0. The molecule has 1 aliphatic rings. The summed E-state index contributed by atoms with van der Waals surface area (Å²) in [6.07, 6.45) is 2.92. The van der Waals surface area contributed by atoms with Crippen LogP contribution in [0.5, 0.6) is 0 Å². The van der Waals surface area contributed by atoms with E-state index >= 15 is 0 Å². The van der Waals surface area contributed by atoms with Crippen LogP contribution in [-0.2, 0) is 4.79 Å². The van der Waals surface area contributed by atoms with Crippen molar-refractivity contribution in [3.63, 3.8) is 0 Å². The summed E-state index contributed by atoms with van der Waals surface area (Å²) in [6.45, 7) is 3.64. The van der Waals surface area contributed by atoms with E-state index in [0.717, 1.165) is 19.3 Å². The van der Waals surface area contributed by atoms with Gasteiger partial charge in [-0.05, 0) is 25.2 Å². The first-order valence-corrected chi connectivity index (χ1v) is 6.38. The number of carboxylic acid groups (broad SMARTS) is 1. The molecule has 1 atom stereocenters. The Hall–Kier alpha value is -1.30. The lowest BCUT2D eigenvalue weighted by Crippen LogP contribution is -2.55. The molecule has 1 aliphatic carbocycles. The van der Waals surface area contributed by atoms with E-state index in [1.165, 1.54) is 0 Å². The zero-order valence-electron chi connectivity index (χ0n) is 10.9. The Morgan fingerprint density at radius 3 is 2.33 bits per heavy atom. The predicted molar refractivity (Wildman–Crippen MR) is 66.2 cm³/mol. The highest BCUT2D eigenvalue weighted by Crippen LogP contribution is 2.24. The molecule has 3 N–H and O–H groups in total. The third-order valence-electron chi connectivity index (χ3n) is 3.33. The third-order valence-corrected chi connectivity index (χ3v) is 3.33. The molecule has 6 nitrogen and oxygen atoms in total. The van der Waals surface area contributed by atoms with Crippen LogP contribution in [0.3, 0.4) is 0 Å². The van der Waals surface area contributed by atoms with Crippen LogP contribution in [0.4, 0.5) is 4.79 Å². The van der Waals surface area contributed by atoms with Crippen LogP contribution in [0.15, 0.2) is 0 Å². The minimum absolute atomic E-state index is 0.108. The summed E-state index contributed by atoms with van der Waals surface area (Å²) in [6, 6.07) is -1.15. The molecule has 0 aromatic carbocycles. The van der Waals surface area contributed by atoms with Crippen molar-refractivity contribution in [2.45, 2.75) is 45.2 Å². The van der Waals surface area contributed by atoms with Crippen LogP contribution in [0.25, 0.3) is 0 Å². The van der Waals surface area contributed by atoms with Gasteiger partial charge in [-0.2, -0.15) is 0 Å². The monoisotopic (exact) mass is 258 g/mol. The van der Waals surface area contributed by atoms with Crippen LogP contribution in [0.1, 0.15) is 33.1 Å². The molecule has 0 aliphatic heterocycles. The van der Waals surface area contributed by atoms with Crippen molar-refractivity contribution in [1.82, 2.24) is 10.2 Å². The Kier molecular flexibility index (Phi) is 5.40. The normalized spacial score (nSPS) is 17.1. The summed E-state index contributed by atoms with van der Waals surface area (Å²) in [5.41, 5.74) is 0. The minimum Gasteiger partial charge on any atom is -0.480 e. The Labute approximate surface area is 107 Å². The Bertz CT molecular complexity index is 302. The standard InChI is InChI=1S/C12H22N2O4/c1-8(2)10(11(16)17)13-12(18)14(6-7-15)9-4-3-5-9/h8-10,15H,3-7H2,1-2H3,(H,13,18)(H,16,17). The van der Waals surface area contributed by atoms with Gasteiger partial charge >= 0.3 is 12.0 Å². The fraction of sp³-hybridized carbons (Fsp3) is 0.833. The highest BCUT2D eigenvalue weighted by Gasteiger charge is 2.31. The molecule has 1 unspecified atom stereocenters. The topological polar surface area (TPSA) is 89.9 Å². The van der Waals surface area contributed by atoms with Crippen LogP contribution < -0.4 is 5.32 Å². The number of carboxylic acids is 1. The van der Waals surface area contributed by atoms with E-state index in [4.69, 9.17) is 10.2 Å². The molecule has 6 heteroatoms. The number of nitrogens with one attached hydrogen (secondary N) is 1. The number of hydrogen-bond donors (Lipinski definition) is 3. The molecule has 0 bridgehead atoms.